The van der Waals surface area contributed by atoms with Crippen LogP contribution in [0.1, 0.15) is 41.4 Å². The van der Waals surface area contributed by atoms with E-state index in [4.69, 9.17) is 0 Å². The van der Waals surface area contributed by atoms with Gasteiger partial charge in [0.2, 0.25) is 10.0 Å². The second-order valence-corrected chi connectivity index (χ2v) is 10.0. The Morgan fingerprint density at radius 2 is 2.03 bits per heavy atom. The molecule has 0 radical (unpaired) electrons. The molecule has 10 heteroatoms. The van der Waals surface area contributed by atoms with Gasteiger partial charge in [0.1, 0.15) is 5.82 Å². The van der Waals surface area contributed by atoms with E-state index in [1.807, 2.05) is 0 Å². The molecule has 0 amide bonds. The van der Waals surface area contributed by atoms with Crippen LogP contribution in [-0.2, 0) is 29.5 Å². The zero-order valence-corrected chi connectivity index (χ0v) is 17.5. The number of halogens is 2. The van der Waals surface area contributed by atoms with Crippen molar-refractivity contribution in [2.75, 3.05) is 25.9 Å². The fraction of sp³-hybridized carbons (Fsp3) is 0.500. The lowest BCUT2D eigenvalue weighted by atomic mass is 9.96. The summed E-state index contributed by atoms with van der Waals surface area (Å²) in [4.78, 5) is 22.3. The minimum absolute atomic E-state index is 0.0231. The average molecular weight is 439 g/mol. The van der Waals surface area contributed by atoms with Gasteiger partial charge in [-0.05, 0) is 37.1 Å². The van der Waals surface area contributed by atoms with Crippen LogP contribution in [0.25, 0.3) is 0 Å². The number of nitrogens with zero attached hydrogens (tertiary/aromatic N) is 3. The van der Waals surface area contributed by atoms with Crippen LogP contribution in [0.4, 0.5) is 8.78 Å². The molecule has 1 fully saturated rings. The predicted octanol–water partition coefficient (Wildman–Crippen LogP) is 1.75. The second kappa shape index (κ2) is 8.16. The largest absolute Gasteiger partial charge is 0.310 e. The second-order valence-electron chi connectivity index (χ2n) is 8.05. The highest BCUT2D eigenvalue weighted by Crippen LogP contribution is 2.27. The molecule has 3 heterocycles. The summed E-state index contributed by atoms with van der Waals surface area (Å²) in [5.74, 6) is -1.08. The van der Waals surface area contributed by atoms with E-state index >= 15 is 0 Å². The molecule has 0 aliphatic carbocycles. The Labute approximate surface area is 173 Å². The summed E-state index contributed by atoms with van der Waals surface area (Å²) in [7, 11) is -3.36. The molecule has 30 heavy (non-hydrogen) atoms. The summed E-state index contributed by atoms with van der Waals surface area (Å²) in [6.45, 7) is 2.33. The summed E-state index contributed by atoms with van der Waals surface area (Å²) in [5, 5.41) is 0. The Morgan fingerprint density at radius 3 is 2.77 bits per heavy atom. The zero-order chi connectivity index (χ0) is 21.5. The van der Waals surface area contributed by atoms with Crippen molar-refractivity contribution in [3.05, 3.63) is 62.8 Å². The van der Waals surface area contributed by atoms with E-state index in [2.05, 4.69) is 14.9 Å². The summed E-state index contributed by atoms with van der Waals surface area (Å²) >= 11 is 0. The van der Waals surface area contributed by atoms with Gasteiger partial charge in [0.15, 0.2) is 11.6 Å². The van der Waals surface area contributed by atoms with Gasteiger partial charge < -0.3 is 4.98 Å². The Bertz CT molecular complexity index is 1120. The molecule has 2 aromatic rings. The first kappa shape index (κ1) is 21.1. The number of benzene rings is 1. The van der Waals surface area contributed by atoms with Gasteiger partial charge in [-0.1, -0.05) is 6.07 Å². The van der Waals surface area contributed by atoms with Gasteiger partial charge in [-0.15, -0.1) is 0 Å². The van der Waals surface area contributed by atoms with E-state index in [1.165, 1.54) is 10.4 Å². The lowest BCUT2D eigenvalue weighted by Crippen LogP contribution is -2.40. The van der Waals surface area contributed by atoms with Crippen molar-refractivity contribution in [2.24, 2.45) is 0 Å². The van der Waals surface area contributed by atoms with Gasteiger partial charge in [-0.25, -0.2) is 22.2 Å². The van der Waals surface area contributed by atoms with Crippen LogP contribution in [0.5, 0.6) is 0 Å². The molecule has 162 valence electrons. The monoisotopic (exact) mass is 438 g/mol. The maximum absolute atomic E-state index is 13.5. The lowest BCUT2D eigenvalue weighted by Gasteiger charge is -2.33. The quantitative estimate of drug-likeness (QED) is 0.786. The first-order chi connectivity index (χ1) is 14.2. The predicted molar refractivity (Wildman–Crippen MR) is 107 cm³/mol. The minimum atomic E-state index is -3.36. The van der Waals surface area contributed by atoms with Crippen LogP contribution in [0.3, 0.4) is 0 Å². The molecule has 1 N–H and O–H groups in total. The number of aromatic nitrogens is 2. The SMILES string of the molecule is CS(=O)(=O)N1CCc2nc([C@H]3CCCN(Cc4ccc(F)c(F)c4)C3)[nH]c(=O)c2C1. The summed E-state index contributed by atoms with van der Waals surface area (Å²) in [6, 6.07) is 3.93. The highest BCUT2D eigenvalue weighted by Gasteiger charge is 2.29. The number of rotatable bonds is 4. The molecule has 2 aliphatic heterocycles. The molecule has 0 unspecified atom stereocenters. The number of H-pyrrole nitrogens is 1. The lowest BCUT2D eigenvalue weighted by molar-refractivity contribution is 0.196. The van der Waals surface area contributed by atoms with Gasteiger partial charge >= 0.3 is 0 Å². The third-order valence-electron chi connectivity index (χ3n) is 5.80. The molecule has 1 atom stereocenters. The van der Waals surface area contributed by atoms with E-state index in [-0.39, 0.29) is 18.0 Å². The van der Waals surface area contributed by atoms with Crippen LogP contribution in [0.15, 0.2) is 23.0 Å². The fourth-order valence-corrected chi connectivity index (χ4v) is 5.00. The number of aromatic amines is 1. The van der Waals surface area contributed by atoms with Crippen LogP contribution in [0, 0.1) is 11.6 Å². The third-order valence-corrected chi connectivity index (χ3v) is 7.05. The maximum atomic E-state index is 13.5. The van der Waals surface area contributed by atoms with Crippen molar-refractivity contribution in [2.45, 2.75) is 38.3 Å². The van der Waals surface area contributed by atoms with Crippen molar-refractivity contribution in [1.82, 2.24) is 19.2 Å². The Balaban J connectivity index is 1.51. The normalized spacial score (nSPS) is 20.8. The van der Waals surface area contributed by atoms with E-state index in [1.54, 1.807) is 6.07 Å². The number of piperidine rings is 1. The summed E-state index contributed by atoms with van der Waals surface area (Å²) in [5.41, 5.74) is 1.47. The molecule has 7 nitrogen and oxygen atoms in total. The summed E-state index contributed by atoms with van der Waals surface area (Å²) < 4.78 is 51.5. The molecule has 1 aromatic carbocycles. The molecular formula is C20H24F2N4O3S. The number of hydrogen-bond acceptors (Lipinski definition) is 5. The highest BCUT2D eigenvalue weighted by atomic mass is 32.2. The first-order valence-electron chi connectivity index (χ1n) is 9.94. The standard InChI is InChI=1S/C20H24F2N4O3S/c1-30(28,29)26-8-6-18-15(12-26)20(27)24-19(23-18)14-3-2-7-25(11-14)10-13-4-5-16(21)17(22)9-13/h4-5,9,14H,2-3,6-8,10-12H2,1H3,(H,23,24,27)/t14-/m0/s1. The number of fused-ring (bicyclic) bond motifs is 1. The van der Waals surface area contributed by atoms with E-state index in [0.717, 1.165) is 31.7 Å². The number of hydrogen-bond donors (Lipinski definition) is 1. The Morgan fingerprint density at radius 1 is 1.23 bits per heavy atom. The van der Waals surface area contributed by atoms with E-state index in [0.29, 0.717) is 48.7 Å². The molecule has 0 saturated carbocycles. The molecule has 1 saturated heterocycles. The third kappa shape index (κ3) is 4.45. The van der Waals surface area contributed by atoms with Crippen molar-refractivity contribution in [3.8, 4) is 0 Å². The average Bonchev–Trinajstić information content (AvgIpc) is 2.70. The van der Waals surface area contributed by atoms with Gasteiger partial charge in [0.05, 0.1) is 17.5 Å². The molecule has 1 aromatic heterocycles. The maximum Gasteiger partial charge on any atom is 0.255 e. The van der Waals surface area contributed by atoms with Crippen molar-refractivity contribution >= 4 is 10.0 Å². The Kier molecular flexibility index (Phi) is 5.73. The number of sulfonamides is 1. The van der Waals surface area contributed by atoms with Gasteiger partial charge in [-0.3, -0.25) is 9.69 Å². The fourth-order valence-electron chi connectivity index (χ4n) is 4.21. The van der Waals surface area contributed by atoms with Crippen LogP contribution >= 0.6 is 0 Å². The number of likely N-dealkylation sites (tertiary alicyclic amines) is 1. The molecular weight excluding hydrogens is 414 g/mol. The van der Waals surface area contributed by atoms with Gasteiger partial charge in [-0.2, -0.15) is 4.31 Å². The van der Waals surface area contributed by atoms with Crippen LogP contribution in [0.2, 0.25) is 0 Å². The topological polar surface area (TPSA) is 86.4 Å². The first-order valence-corrected chi connectivity index (χ1v) is 11.8. The van der Waals surface area contributed by atoms with E-state index in [9.17, 15) is 22.0 Å². The molecule has 0 spiro atoms. The van der Waals surface area contributed by atoms with Crippen molar-refractivity contribution in [1.29, 1.82) is 0 Å². The summed E-state index contributed by atoms with van der Waals surface area (Å²) in [6.07, 6.45) is 3.31. The Hall–Kier alpha value is -2.17. The van der Waals surface area contributed by atoms with Gasteiger partial charge in [0, 0.05) is 38.5 Å². The smallest absolute Gasteiger partial charge is 0.255 e. The number of nitrogens with one attached hydrogen (secondary N) is 1. The highest BCUT2D eigenvalue weighted by molar-refractivity contribution is 7.88. The van der Waals surface area contributed by atoms with E-state index < -0.39 is 21.7 Å². The molecule has 0 bridgehead atoms. The van der Waals surface area contributed by atoms with Crippen LogP contribution in [-0.4, -0.2) is 53.5 Å². The molecule has 4 rings (SSSR count). The zero-order valence-electron chi connectivity index (χ0n) is 16.7. The van der Waals surface area contributed by atoms with Crippen LogP contribution < -0.4 is 5.56 Å². The minimum Gasteiger partial charge on any atom is -0.310 e. The van der Waals surface area contributed by atoms with Gasteiger partial charge in [0.25, 0.3) is 5.56 Å². The van der Waals surface area contributed by atoms with Crippen molar-refractivity contribution in [3.63, 3.8) is 0 Å². The molecule has 2 aliphatic rings. The van der Waals surface area contributed by atoms with Crippen molar-refractivity contribution < 1.29 is 17.2 Å².